The lowest BCUT2D eigenvalue weighted by Crippen LogP contribution is -2.14. The van der Waals surface area contributed by atoms with Gasteiger partial charge in [0.2, 0.25) is 0 Å². The maximum atomic E-state index is 12.3. The Morgan fingerprint density at radius 3 is 2.59 bits per heavy atom. The standard InChI is InChI=1S/C19H23BrO2/c20-14-6-1-2-7-15-22-18-12-10-17(11-13-18)19(21)16-8-4-3-5-9-16/h3-5,8-10,12-13,17H,1-2,6-7,11,14-15H2. The SMILES string of the molecule is O=C(c1ccccc1)C1C=CC(OCCCCCCBr)=CC1. The van der Waals surface area contributed by atoms with Gasteiger partial charge in [-0.1, -0.05) is 65.2 Å². The predicted octanol–water partition coefficient (Wildman–Crippen LogP) is 5.30. The van der Waals surface area contributed by atoms with Crippen LogP contribution in [0.1, 0.15) is 42.5 Å². The second kappa shape index (κ2) is 9.62. The molecule has 0 heterocycles. The van der Waals surface area contributed by atoms with Gasteiger partial charge in [0.1, 0.15) is 5.76 Å². The zero-order chi connectivity index (χ0) is 15.6. The van der Waals surface area contributed by atoms with Crippen molar-refractivity contribution < 1.29 is 9.53 Å². The van der Waals surface area contributed by atoms with Gasteiger partial charge in [-0.25, -0.2) is 0 Å². The van der Waals surface area contributed by atoms with Crippen LogP contribution in [0.25, 0.3) is 0 Å². The molecule has 0 radical (unpaired) electrons. The number of unbranched alkanes of at least 4 members (excludes halogenated alkanes) is 3. The van der Waals surface area contributed by atoms with E-state index >= 15 is 0 Å². The molecule has 22 heavy (non-hydrogen) atoms. The van der Waals surface area contributed by atoms with Gasteiger partial charge in [-0.05, 0) is 31.4 Å². The summed E-state index contributed by atoms with van der Waals surface area (Å²) in [7, 11) is 0. The van der Waals surface area contributed by atoms with Crippen LogP contribution < -0.4 is 0 Å². The lowest BCUT2D eigenvalue weighted by molar-refractivity contribution is 0.0943. The number of hydrogen-bond acceptors (Lipinski definition) is 2. The third-order valence-electron chi connectivity index (χ3n) is 3.76. The fourth-order valence-corrected chi connectivity index (χ4v) is 2.86. The minimum atomic E-state index is -0.0614. The Kier molecular flexibility index (Phi) is 7.44. The first-order chi connectivity index (χ1) is 10.8. The average molecular weight is 363 g/mol. The number of hydrogen-bond donors (Lipinski definition) is 0. The molecule has 0 spiro atoms. The van der Waals surface area contributed by atoms with Crippen LogP contribution in [0.5, 0.6) is 0 Å². The van der Waals surface area contributed by atoms with E-state index < -0.39 is 0 Å². The Morgan fingerprint density at radius 1 is 1.14 bits per heavy atom. The van der Waals surface area contributed by atoms with Crippen molar-refractivity contribution in [1.82, 2.24) is 0 Å². The highest BCUT2D eigenvalue weighted by molar-refractivity contribution is 9.09. The molecule has 1 aliphatic rings. The van der Waals surface area contributed by atoms with Crippen molar-refractivity contribution in [2.45, 2.75) is 32.1 Å². The van der Waals surface area contributed by atoms with Crippen LogP contribution in [0, 0.1) is 5.92 Å². The number of allylic oxidation sites excluding steroid dienone is 3. The molecule has 0 saturated heterocycles. The second-order valence-electron chi connectivity index (χ2n) is 5.49. The Balaban J connectivity index is 1.71. The molecule has 0 N–H and O–H groups in total. The molecule has 2 rings (SSSR count). The van der Waals surface area contributed by atoms with E-state index in [1.165, 1.54) is 19.3 Å². The first kappa shape index (κ1) is 17.0. The monoisotopic (exact) mass is 362 g/mol. The van der Waals surface area contributed by atoms with Gasteiger partial charge in [-0.2, -0.15) is 0 Å². The van der Waals surface area contributed by atoms with E-state index in [2.05, 4.69) is 15.9 Å². The van der Waals surface area contributed by atoms with E-state index in [-0.39, 0.29) is 11.7 Å². The number of benzene rings is 1. The molecule has 0 aliphatic heterocycles. The molecule has 3 heteroatoms. The summed E-state index contributed by atoms with van der Waals surface area (Å²) < 4.78 is 5.75. The number of ether oxygens (including phenoxy) is 1. The van der Waals surface area contributed by atoms with Gasteiger partial charge in [-0.15, -0.1) is 0 Å². The average Bonchev–Trinajstić information content (AvgIpc) is 2.59. The van der Waals surface area contributed by atoms with Crippen LogP contribution in [0.3, 0.4) is 0 Å². The van der Waals surface area contributed by atoms with Crippen LogP contribution in [0.15, 0.2) is 54.3 Å². The van der Waals surface area contributed by atoms with Crippen molar-refractivity contribution in [2.75, 3.05) is 11.9 Å². The number of halogens is 1. The quantitative estimate of drug-likeness (QED) is 0.338. The third-order valence-corrected chi connectivity index (χ3v) is 4.32. The highest BCUT2D eigenvalue weighted by atomic mass is 79.9. The highest BCUT2D eigenvalue weighted by Crippen LogP contribution is 2.21. The van der Waals surface area contributed by atoms with Crippen molar-refractivity contribution in [3.8, 4) is 0 Å². The molecule has 1 atom stereocenters. The van der Waals surface area contributed by atoms with Gasteiger partial charge < -0.3 is 4.74 Å². The molecule has 0 saturated carbocycles. The first-order valence-corrected chi connectivity index (χ1v) is 9.10. The summed E-state index contributed by atoms with van der Waals surface area (Å²) in [5, 5.41) is 1.08. The molecule has 0 fully saturated rings. The van der Waals surface area contributed by atoms with E-state index in [1.807, 2.05) is 48.6 Å². The number of rotatable bonds is 9. The predicted molar refractivity (Wildman–Crippen MR) is 94.3 cm³/mol. The summed E-state index contributed by atoms with van der Waals surface area (Å²) in [5.41, 5.74) is 0.779. The van der Waals surface area contributed by atoms with Crippen molar-refractivity contribution in [1.29, 1.82) is 0 Å². The van der Waals surface area contributed by atoms with Gasteiger partial charge >= 0.3 is 0 Å². The summed E-state index contributed by atoms with van der Waals surface area (Å²) >= 11 is 3.44. The summed E-state index contributed by atoms with van der Waals surface area (Å²) in [6.45, 7) is 0.760. The highest BCUT2D eigenvalue weighted by Gasteiger charge is 2.18. The van der Waals surface area contributed by atoms with E-state index in [1.54, 1.807) is 0 Å². The van der Waals surface area contributed by atoms with Crippen LogP contribution in [-0.4, -0.2) is 17.7 Å². The molecule has 0 aromatic heterocycles. The first-order valence-electron chi connectivity index (χ1n) is 7.97. The topological polar surface area (TPSA) is 26.3 Å². The Labute approximate surface area is 141 Å². The molecule has 0 amide bonds. The lowest BCUT2D eigenvalue weighted by atomic mass is 9.91. The fourth-order valence-electron chi connectivity index (χ4n) is 2.46. The summed E-state index contributed by atoms with van der Waals surface area (Å²) in [4.78, 5) is 12.3. The van der Waals surface area contributed by atoms with Gasteiger partial charge in [0.05, 0.1) is 6.61 Å². The molecular formula is C19H23BrO2. The Morgan fingerprint density at radius 2 is 1.91 bits per heavy atom. The fraction of sp³-hybridized carbons (Fsp3) is 0.421. The number of Topliss-reactive ketones (excluding diaryl/α,β-unsaturated/α-hetero) is 1. The van der Waals surface area contributed by atoms with Gasteiger partial charge in [0.15, 0.2) is 5.78 Å². The van der Waals surface area contributed by atoms with E-state index in [0.717, 1.165) is 36.1 Å². The minimum absolute atomic E-state index is 0.0614. The van der Waals surface area contributed by atoms with Gasteiger partial charge in [0.25, 0.3) is 0 Å². The van der Waals surface area contributed by atoms with E-state index in [4.69, 9.17) is 4.74 Å². The summed E-state index contributed by atoms with van der Waals surface area (Å²) in [6.07, 6.45) is 11.4. The van der Waals surface area contributed by atoms with Crippen molar-refractivity contribution in [3.63, 3.8) is 0 Å². The molecular weight excluding hydrogens is 340 g/mol. The van der Waals surface area contributed by atoms with E-state index in [9.17, 15) is 4.79 Å². The summed E-state index contributed by atoms with van der Waals surface area (Å²) in [5.74, 6) is 1.02. The largest absolute Gasteiger partial charge is 0.494 e. The van der Waals surface area contributed by atoms with Gasteiger partial charge in [0, 0.05) is 16.8 Å². The smallest absolute Gasteiger partial charge is 0.170 e. The zero-order valence-corrected chi connectivity index (χ0v) is 14.4. The van der Waals surface area contributed by atoms with Crippen LogP contribution in [-0.2, 0) is 4.74 Å². The van der Waals surface area contributed by atoms with Gasteiger partial charge in [-0.3, -0.25) is 4.79 Å². The Hall–Kier alpha value is -1.35. The second-order valence-corrected chi connectivity index (χ2v) is 6.28. The number of ketones is 1. The third kappa shape index (κ3) is 5.45. The number of carbonyl (C=O) groups is 1. The van der Waals surface area contributed by atoms with Crippen LogP contribution >= 0.6 is 15.9 Å². The molecule has 1 aromatic rings. The van der Waals surface area contributed by atoms with Crippen LogP contribution in [0.4, 0.5) is 0 Å². The minimum Gasteiger partial charge on any atom is -0.494 e. The molecule has 2 nitrogen and oxygen atoms in total. The van der Waals surface area contributed by atoms with Crippen molar-refractivity contribution in [3.05, 3.63) is 59.9 Å². The van der Waals surface area contributed by atoms with Crippen molar-refractivity contribution in [2.24, 2.45) is 5.92 Å². The zero-order valence-electron chi connectivity index (χ0n) is 12.8. The molecule has 0 bridgehead atoms. The Bertz CT molecular complexity index is 519. The maximum Gasteiger partial charge on any atom is 0.170 e. The molecule has 1 unspecified atom stereocenters. The number of carbonyl (C=O) groups excluding carboxylic acids is 1. The van der Waals surface area contributed by atoms with Crippen molar-refractivity contribution >= 4 is 21.7 Å². The number of alkyl halides is 1. The van der Waals surface area contributed by atoms with Crippen LogP contribution in [0.2, 0.25) is 0 Å². The maximum absolute atomic E-state index is 12.3. The molecule has 1 aromatic carbocycles. The normalized spacial score (nSPS) is 17.1. The molecule has 118 valence electrons. The molecule has 1 aliphatic carbocycles. The summed E-state index contributed by atoms with van der Waals surface area (Å²) in [6, 6.07) is 9.48. The van der Waals surface area contributed by atoms with E-state index in [0.29, 0.717) is 0 Å². The lowest BCUT2D eigenvalue weighted by Gasteiger charge is -2.16.